The number of aromatic nitrogens is 2. The first-order valence-electron chi connectivity index (χ1n) is 21.6. The molecule has 0 amide bonds. The van der Waals surface area contributed by atoms with Crippen LogP contribution in [-0.2, 0) is 0 Å². The van der Waals surface area contributed by atoms with Crippen molar-refractivity contribution in [3.63, 3.8) is 0 Å². The summed E-state index contributed by atoms with van der Waals surface area (Å²) in [4.78, 5) is 15.9. The highest BCUT2D eigenvalue weighted by Crippen LogP contribution is 2.45. The highest BCUT2D eigenvalue weighted by molar-refractivity contribution is 6.14. The molecule has 0 bridgehead atoms. The van der Waals surface area contributed by atoms with E-state index in [2.05, 4.69) is 225 Å². The van der Waals surface area contributed by atoms with Crippen LogP contribution < -0.4 is 0 Å². The van der Waals surface area contributed by atoms with Gasteiger partial charge in [-0.1, -0.05) is 194 Å². The molecule has 3 heteroatoms. The number of aliphatic imine (C=N–C) groups is 1. The zero-order valence-electron chi connectivity index (χ0n) is 34.3. The van der Waals surface area contributed by atoms with Crippen molar-refractivity contribution in [1.29, 1.82) is 0 Å². The van der Waals surface area contributed by atoms with Crippen LogP contribution >= 0.6 is 0 Å². The topological polar surface area (TPSA) is 38.1 Å². The Labute approximate surface area is 363 Å². The lowest BCUT2D eigenvalue weighted by molar-refractivity contribution is 0.724. The first kappa shape index (κ1) is 37.3. The van der Waals surface area contributed by atoms with Crippen LogP contribution in [0.4, 0.5) is 0 Å². The van der Waals surface area contributed by atoms with Gasteiger partial charge in [0.05, 0.1) is 23.1 Å². The van der Waals surface area contributed by atoms with E-state index in [0.29, 0.717) is 5.82 Å². The van der Waals surface area contributed by atoms with E-state index in [1.807, 2.05) is 0 Å². The summed E-state index contributed by atoms with van der Waals surface area (Å²) in [5, 5.41) is 0. The highest BCUT2D eigenvalue weighted by atomic mass is 14.9. The smallest absolute Gasteiger partial charge is 0.160 e. The van der Waals surface area contributed by atoms with Crippen molar-refractivity contribution >= 4 is 22.9 Å². The molecular weight excluding hydrogens is 751 g/mol. The van der Waals surface area contributed by atoms with Crippen molar-refractivity contribution in [3.05, 3.63) is 246 Å². The molecule has 8 aromatic rings. The molecule has 0 fully saturated rings. The average Bonchev–Trinajstić information content (AvgIpc) is 3.37. The van der Waals surface area contributed by atoms with Crippen molar-refractivity contribution < 1.29 is 0 Å². The zero-order chi connectivity index (χ0) is 41.2. The van der Waals surface area contributed by atoms with Crippen molar-refractivity contribution in [2.75, 3.05) is 0 Å². The van der Waals surface area contributed by atoms with Gasteiger partial charge < -0.3 is 0 Å². The maximum absolute atomic E-state index is 5.34. The summed E-state index contributed by atoms with van der Waals surface area (Å²) >= 11 is 0. The van der Waals surface area contributed by atoms with Gasteiger partial charge in [0.25, 0.3) is 0 Å². The third-order valence-electron chi connectivity index (χ3n) is 12.3. The standard InChI is InChI=1S/C59H43N3/c1-5-15-40(16-6-1)47-23-13-25-50(35-47)56-39-57(51-26-14-24-48(36-51)41-17-7-2-8-18-41)62-59(61-56)46-30-27-42(28-31-46)49-32-29-44-33-34-54-58(52(44)37-49)53(43-19-9-3-10-20-43)38-55(60-54)45-21-11-4-12-22-45/h1,3-7,9-39,54,58H,2,8H2. The summed E-state index contributed by atoms with van der Waals surface area (Å²) in [7, 11) is 0. The first-order chi connectivity index (χ1) is 30.7. The quantitative estimate of drug-likeness (QED) is 0.154. The van der Waals surface area contributed by atoms with Gasteiger partial charge in [-0.3, -0.25) is 4.99 Å². The molecule has 1 aliphatic heterocycles. The molecule has 0 radical (unpaired) electrons. The van der Waals surface area contributed by atoms with Crippen LogP contribution in [0.2, 0.25) is 0 Å². The maximum atomic E-state index is 5.34. The Morgan fingerprint density at radius 2 is 0.984 bits per heavy atom. The Balaban J connectivity index is 0.966. The van der Waals surface area contributed by atoms with Crippen molar-refractivity contribution in [2.24, 2.45) is 4.99 Å². The molecule has 7 aromatic carbocycles. The number of nitrogens with zero attached hydrogens (tertiary/aromatic N) is 3. The van der Waals surface area contributed by atoms with E-state index in [1.165, 1.54) is 44.5 Å². The molecule has 3 nitrogen and oxygen atoms in total. The number of hydrogen-bond donors (Lipinski definition) is 0. The molecular formula is C59H43N3. The maximum Gasteiger partial charge on any atom is 0.160 e. The molecule has 1 aromatic heterocycles. The molecule has 2 unspecified atom stereocenters. The lowest BCUT2D eigenvalue weighted by Crippen LogP contribution is -2.25. The fraction of sp³-hybridized carbons (Fsp3) is 0.0678. The summed E-state index contributed by atoms with van der Waals surface area (Å²) in [6, 6.07) is 67.0. The average molecular weight is 794 g/mol. The van der Waals surface area contributed by atoms with E-state index in [0.717, 1.165) is 63.3 Å². The second kappa shape index (κ2) is 16.4. The molecule has 0 saturated heterocycles. The second-order valence-electron chi connectivity index (χ2n) is 16.2. The molecule has 62 heavy (non-hydrogen) atoms. The summed E-state index contributed by atoms with van der Waals surface area (Å²) < 4.78 is 0. The Hall–Kier alpha value is -7.75. The number of rotatable bonds is 8. The minimum Gasteiger partial charge on any atom is -0.276 e. The summed E-state index contributed by atoms with van der Waals surface area (Å²) in [6.07, 6.45) is 15.8. The molecule has 2 aliphatic carbocycles. The molecule has 0 spiro atoms. The van der Waals surface area contributed by atoms with E-state index >= 15 is 0 Å². The molecule has 2 atom stereocenters. The summed E-state index contributed by atoms with van der Waals surface area (Å²) in [5.74, 6) is 0.796. The fourth-order valence-electron chi connectivity index (χ4n) is 9.10. The molecule has 0 saturated carbocycles. The van der Waals surface area contributed by atoms with Crippen LogP contribution in [0, 0.1) is 0 Å². The molecule has 0 N–H and O–H groups in total. The summed E-state index contributed by atoms with van der Waals surface area (Å²) in [5.41, 5.74) is 19.2. The van der Waals surface area contributed by atoms with Crippen molar-refractivity contribution in [2.45, 2.75) is 24.8 Å². The van der Waals surface area contributed by atoms with Crippen molar-refractivity contribution in [1.82, 2.24) is 9.97 Å². The number of fused-ring (bicyclic) bond motifs is 3. The van der Waals surface area contributed by atoms with Gasteiger partial charge in [-0.25, -0.2) is 9.97 Å². The summed E-state index contributed by atoms with van der Waals surface area (Å²) in [6.45, 7) is 0. The van der Waals surface area contributed by atoms with E-state index < -0.39 is 0 Å². The van der Waals surface area contributed by atoms with Gasteiger partial charge in [-0.05, 0) is 104 Å². The van der Waals surface area contributed by atoms with Crippen molar-refractivity contribution in [3.8, 4) is 56.2 Å². The van der Waals surface area contributed by atoms with E-state index in [-0.39, 0.29) is 12.0 Å². The monoisotopic (exact) mass is 793 g/mol. The minimum absolute atomic E-state index is 0.000838. The molecule has 11 rings (SSSR count). The van der Waals surface area contributed by atoms with Crippen LogP contribution in [0.1, 0.15) is 46.6 Å². The van der Waals surface area contributed by atoms with Gasteiger partial charge in [0.2, 0.25) is 0 Å². The number of allylic oxidation sites excluding steroid dienone is 5. The normalized spacial score (nSPS) is 16.4. The predicted molar refractivity (Wildman–Crippen MR) is 259 cm³/mol. The third-order valence-corrected chi connectivity index (χ3v) is 12.3. The second-order valence-corrected chi connectivity index (χ2v) is 16.2. The Bertz CT molecular complexity index is 3100. The third kappa shape index (κ3) is 7.39. The van der Waals surface area contributed by atoms with Gasteiger partial charge >= 0.3 is 0 Å². The Morgan fingerprint density at radius 1 is 0.419 bits per heavy atom. The van der Waals surface area contributed by atoms with Crippen LogP contribution in [0.3, 0.4) is 0 Å². The zero-order valence-corrected chi connectivity index (χ0v) is 34.3. The molecule has 2 heterocycles. The fourth-order valence-corrected chi connectivity index (χ4v) is 9.10. The predicted octanol–water partition coefficient (Wildman–Crippen LogP) is 14.6. The van der Waals surface area contributed by atoms with Crippen LogP contribution in [0.5, 0.6) is 0 Å². The van der Waals surface area contributed by atoms with Gasteiger partial charge in [-0.2, -0.15) is 0 Å². The van der Waals surface area contributed by atoms with Gasteiger partial charge in [0.15, 0.2) is 5.82 Å². The Kier molecular flexibility index (Phi) is 9.84. The number of hydrogen-bond acceptors (Lipinski definition) is 3. The largest absolute Gasteiger partial charge is 0.276 e. The minimum atomic E-state index is -0.000838. The number of benzene rings is 7. The van der Waals surface area contributed by atoms with E-state index in [4.69, 9.17) is 15.0 Å². The molecule has 3 aliphatic rings. The van der Waals surface area contributed by atoms with Gasteiger partial charge in [0, 0.05) is 22.6 Å². The van der Waals surface area contributed by atoms with Crippen LogP contribution in [0.15, 0.2) is 223 Å². The first-order valence-corrected chi connectivity index (χ1v) is 21.6. The van der Waals surface area contributed by atoms with E-state index in [1.54, 1.807) is 0 Å². The highest BCUT2D eigenvalue weighted by Gasteiger charge is 2.33. The van der Waals surface area contributed by atoms with Crippen LogP contribution in [-0.4, -0.2) is 21.7 Å². The SMILES string of the molecule is C1=CC(c2cccc(-c3cc(-c4cccc(-c5ccccc5)c4)nc(-c4ccc(-c5ccc6c(c5)C5C(c7ccccc7)=CC(c7ccccc7)=NC5C=C6)cc4)n3)c2)=CCC1. The lowest BCUT2D eigenvalue weighted by atomic mass is 9.74. The number of dihydropyridines is 1. The lowest BCUT2D eigenvalue weighted by Gasteiger charge is -2.34. The van der Waals surface area contributed by atoms with Gasteiger partial charge in [0.1, 0.15) is 0 Å². The Morgan fingerprint density at radius 3 is 1.68 bits per heavy atom. The van der Waals surface area contributed by atoms with E-state index in [9.17, 15) is 0 Å². The molecule has 294 valence electrons. The van der Waals surface area contributed by atoms with Gasteiger partial charge in [-0.15, -0.1) is 0 Å². The van der Waals surface area contributed by atoms with Crippen LogP contribution in [0.25, 0.3) is 73.4 Å².